The Morgan fingerprint density at radius 1 is 1.36 bits per heavy atom. The summed E-state index contributed by atoms with van der Waals surface area (Å²) in [6.45, 7) is 0.601. The maximum atomic E-state index is 12.9. The van der Waals surface area contributed by atoms with Gasteiger partial charge in [-0.15, -0.1) is 10.2 Å². The van der Waals surface area contributed by atoms with Crippen molar-refractivity contribution in [2.75, 3.05) is 6.54 Å². The third kappa shape index (κ3) is 1.58. The van der Waals surface area contributed by atoms with Gasteiger partial charge in [-0.1, -0.05) is 0 Å². The van der Waals surface area contributed by atoms with Gasteiger partial charge in [-0.2, -0.15) is 0 Å². The van der Waals surface area contributed by atoms with E-state index < -0.39 is 0 Å². The normalized spacial score (nSPS) is 11.0. The summed E-state index contributed by atoms with van der Waals surface area (Å²) in [4.78, 5) is 0. The largest absolute Gasteiger partial charge is 0.330 e. The molecule has 0 aliphatic carbocycles. The number of aryl methyl sites for hydroxylation is 1. The molecule has 0 bridgehead atoms. The molecule has 2 aromatic rings. The lowest BCUT2D eigenvalue weighted by Gasteiger charge is -1.97. The molecule has 0 saturated heterocycles. The van der Waals surface area contributed by atoms with Gasteiger partial charge in [-0.25, -0.2) is 4.39 Å². The molecule has 0 amide bonds. The summed E-state index contributed by atoms with van der Waals surface area (Å²) in [6.07, 6.45) is 2.94. The lowest BCUT2D eigenvalue weighted by molar-refractivity contribution is 0.616. The molecule has 0 aromatic carbocycles. The van der Waals surface area contributed by atoms with Crippen molar-refractivity contribution in [3.8, 4) is 0 Å². The Morgan fingerprint density at radius 3 is 3.00 bits per heavy atom. The molecule has 14 heavy (non-hydrogen) atoms. The van der Waals surface area contributed by atoms with Crippen molar-refractivity contribution >= 4 is 5.65 Å². The molecule has 2 rings (SSSR count). The summed E-state index contributed by atoms with van der Waals surface area (Å²) >= 11 is 0. The second-order valence-corrected chi connectivity index (χ2v) is 3.08. The van der Waals surface area contributed by atoms with Crippen molar-refractivity contribution < 1.29 is 4.39 Å². The number of nitrogens with two attached hydrogens (primary N) is 1. The number of aromatic nitrogens is 3. The van der Waals surface area contributed by atoms with Gasteiger partial charge in [-0.05, 0) is 25.1 Å². The fraction of sp³-hybridized carbons (Fsp3) is 0.333. The van der Waals surface area contributed by atoms with E-state index in [0.29, 0.717) is 12.2 Å². The average Bonchev–Trinajstić information content (AvgIpc) is 2.57. The smallest absolute Gasteiger partial charge is 0.160 e. The van der Waals surface area contributed by atoms with Crippen LogP contribution in [-0.4, -0.2) is 21.1 Å². The second kappa shape index (κ2) is 3.71. The number of pyridine rings is 1. The first-order chi connectivity index (χ1) is 6.81. The van der Waals surface area contributed by atoms with E-state index >= 15 is 0 Å². The SMILES string of the molecule is NCCCc1nnc2ccc(F)cn12. The van der Waals surface area contributed by atoms with Gasteiger partial charge in [0.2, 0.25) is 0 Å². The molecular formula is C9H11FN4. The van der Waals surface area contributed by atoms with Crippen LogP contribution in [0, 0.1) is 5.82 Å². The Balaban J connectivity index is 2.40. The van der Waals surface area contributed by atoms with Crippen LogP contribution in [0.25, 0.3) is 5.65 Å². The van der Waals surface area contributed by atoms with Gasteiger partial charge < -0.3 is 5.73 Å². The number of nitrogens with zero attached hydrogens (tertiary/aromatic N) is 3. The molecule has 4 nitrogen and oxygen atoms in total. The molecule has 5 heteroatoms. The van der Waals surface area contributed by atoms with Gasteiger partial charge in [0.1, 0.15) is 11.6 Å². The predicted octanol–water partition coefficient (Wildman–Crippen LogP) is 0.760. The number of fused-ring (bicyclic) bond motifs is 1. The van der Waals surface area contributed by atoms with E-state index in [2.05, 4.69) is 10.2 Å². The number of halogens is 1. The van der Waals surface area contributed by atoms with Gasteiger partial charge in [0, 0.05) is 12.6 Å². The van der Waals surface area contributed by atoms with Gasteiger partial charge in [-0.3, -0.25) is 4.40 Å². The van der Waals surface area contributed by atoms with Crippen molar-refractivity contribution in [3.05, 3.63) is 30.0 Å². The first-order valence-electron chi connectivity index (χ1n) is 4.50. The van der Waals surface area contributed by atoms with Crippen LogP contribution >= 0.6 is 0 Å². The molecular weight excluding hydrogens is 183 g/mol. The predicted molar refractivity (Wildman–Crippen MR) is 50.3 cm³/mol. The highest BCUT2D eigenvalue weighted by Crippen LogP contribution is 2.06. The highest BCUT2D eigenvalue weighted by molar-refractivity contribution is 5.37. The van der Waals surface area contributed by atoms with Crippen molar-refractivity contribution in [1.29, 1.82) is 0 Å². The van der Waals surface area contributed by atoms with Gasteiger partial charge >= 0.3 is 0 Å². The zero-order chi connectivity index (χ0) is 9.97. The zero-order valence-electron chi connectivity index (χ0n) is 7.65. The monoisotopic (exact) mass is 194 g/mol. The molecule has 0 aliphatic heterocycles. The Labute approximate surface area is 80.6 Å². The zero-order valence-corrected chi connectivity index (χ0v) is 7.65. The Hall–Kier alpha value is -1.49. The number of rotatable bonds is 3. The molecule has 2 N–H and O–H groups in total. The van der Waals surface area contributed by atoms with Crippen molar-refractivity contribution in [2.24, 2.45) is 5.73 Å². The highest BCUT2D eigenvalue weighted by Gasteiger charge is 2.04. The minimum absolute atomic E-state index is 0.286. The summed E-state index contributed by atoms with van der Waals surface area (Å²) in [7, 11) is 0. The van der Waals surface area contributed by atoms with Crippen molar-refractivity contribution in [2.45, 2.75) is 12.8 Å². The fourth-order valence-electron chi connectivity index (χ4n) is 1.34. The van der Waals surface area contributed by atoms with Crippen LogP contribution in [0.5, 0.6) is 0 Å². The van der Waals surface area contributed by atoms with Crippen LogP contribution in [-0.2, 0) is 6.42 Å². The summed E-state index contributed by atoms with van der Waals surface area (Å²) in [5, 5.41) is 7.88. The van der Waals surface area contributed by atoms with Gasteiger partial charge in [0.15, 0.2) is 5.65 Å². The van der Waals surface area contributed by atoms with Crippen molar-refractivity contribution in [3.63, 3.8) is 0 Å². The second-order valence-electron chi connectivity index (χ2n) is 3.08. The van der Waals surface area contributed by atoms with Crippen LogP contribution in [0.15, 0.2) is 18.3 Å². The molecule has 0 atom stereocenters. The molecule has 0 spiro atoms. The van der Waals surface area contributed by atoms with Crippen LogP contribution in [0.3, 0.4) is 0 Å². The first-order valence-corrected chi connectivity index (χ1v) is 4.50. The van der Waals surface area contributed by atoms with Crippen LogP contribution in [0.4, 0.5) is 4.39 Å². The third-order valence-electron chi connectivity index (χ3n) is 2.04. The average molecular weight is 194 g/mol. The summed E-state index contributed by atoms with van der Waals surface area (Å²) in [5.74, 6) is 0.469. The molecule has 0 aliphatic rings. The standard InChI is InChI=1S/C9H11FN4/c10-7-3-4-9-13-12-8(2-1-5-11)14(9)6-7/h3-4,6H,1-2,5,11H2. The topological polar surface area (TPSA) is 56.2 Å². The molecule has 0 unspecified atom stereocenters. The number of hydrogen-bond donors (Lipinski definition) is 1. The Bertz CT molecular complexity index is 437. The first kappa shape index (κ1) is 9.08. The lowest BCUT2D eigenvalue weighted by atomic mass is 10.3. The highest BCUT2D eigenvalue weighted by atomic mass is 19.1. The van der Waals surface area contributed by atoms with Crippen LogP contribution < -0.4 is 5.73 Å². The van der Waals surface area contributed by atoms with E-state index in [1.54, 1.807) is 10.5 Å². The summed E-state index contributed by atoms with van der Waals surface area (Å²) in [5.41, 5.74) is 6.05. The molecule has 0 radical (unpaired) electrons. The van der Waals surface area contributed by atoms with E-state index in [-0.39, 0.29) is 5.82 Å². The quantitative estimate of drug-likeness (QED) is 0.784. The van der Waals surface area contributed by atoms with Crippen LogP contribution in [0.1, 0.15) is 12.2 Å². The Kier molecular flexibility index (Phi) is 2.41. The minimum Gasteiger partial charge on any atom is -0.330 e. The Morgan fingerprint density at radius 2 is 2.21 bits per heavy atom. The third-order valence-corrected chi connectivity index (χ3v) is 2.04. The van der Waals surface area contributed by atoms with Gasteiger partial charge in [0.05, 0.1) is 0 Å². The molecule has 0 saturated carbocycles. The summed E-state index contributed by atoms with van der Waals surface area (Å²) < 4.78 is 14.6. The molecule has 74 valence electrons. The van der Waals surface area contributed by atoms with Crippen LogP contribution in [0.2, 0.25) is 0 Å². The van der Waals surface area contributed by atoms with E-state index in [0.717, 1.165) is 18.7 Å². The van der Waals surface area contributed by atoms with E-state index in [9.17, 15) is 4.39 Å². The van der Waals surface area contributed by atoms with E-state index in [1.807, 2.05) is 0 Å². The maximum Gasteiger partial charge on any atom is 0.160 e. The van der Waals surface area contributed by atoms with Gasteiger partial charge in [0.25, 0.3) is 0 Å². The molecule has 0 fully saturated rings. The van der Waals surface area contributed by atoms with E-state index in [4.69, 9.17) is 5.73 Å². The fourth-order valence-corrected chi connectivity index (χ4v) is 1.34. The summed E-state index contributed by atoms with van der Waals surface area (Å²) in [6, 6.07) is 2.98. The maximum absolute atomic E-state index is 12.9. The minimum atomic E-state index is -0.286. The lowest BCUT2D eigenvalue weighted by Crippen LogP contribution is -2.03. The van der Waals surface area contributed by atoms with E-state index in [1.165, 1.54) is 12.3 Å². The van der Waals surface area contributed by atoms with Crippen molar-refractivity contribution in [1.82, 2.24) is 14.6 Å². The molecule has 2 heterocycles. The number of hydrogen-bond acceptors (Lipinski definition) is 3. The molecule has 2 aromatic heterocycles.